The van der Waals surface area contributed by atoms with Crippen molar-refractivity contribution in [3.8, 4) is 0 Å². The van der Waals surface area contributed by atoms with Crippen molar-refractivity contribution in [3.05, 3.63) is 33.4 Å². The summed E-state index contributed by atoms with van der Waals surface area (Å²) >= 11 is 0. The topological polar surface area (TPSA) is 323 Å². The molecule has 6 rings (SSSR count). The number of aromatic nitrogens is 8. The fourth-order valence-corrected chi connectivity index (χ4v) is 5.98. The molecule has 9 unspecified atom stereocenters. The summed E-state index contributed by atoms with van der Waals surface area (Å²) in [4.78, 5) is 55.2. The van der Waals surface area contributed by atoms with Crippen LogP contribution in [-0.2, 0) is 28.0 Å². The Balaban J connectivity index is 1.16. The van der Waals surface area contributed by atoms with E-state index in [9.17, 15) is 34.4 Å². The van der Waals surface area contributed by atoms with Gasteiger partial charge in [0.05, 0.1) is 12.7 Å². The highest BCUT2D eigenvalue weighted by molar-refractivity contribution is 7.52. The largest absolute Gasteiger partial charge is 0.385 e. The molecule has 0 radical (unpaired) electrons. The maximum absolute atomic E-state index is 13.0. The van der Waals surface area contributed by atoms with Crippen LogP contribution in [0.1, 0.15) is 19.4 Å². The number of hydrogen-bond acceptors (Lipinski definition) is 17. The van der Waals surface area contributed by atoms with Crippen LogP contribution in [0.5, 0.6) is 0 Å². The van der Waals surface area contributed by atoms with E-state index in [1.54, 1.807) is 6.92 Å². The van der Waals surface area contributed by atoms with Gasteiger partial charge < -0.3 is 50.6 Å². The number of nitrogens with zero attached hydrogens (tertiary/aromatic N) is 6. The highest BCUT2D eigenvalue weighted by Gasteiger charge is 2.50. The Morgan fingerprint density at radius 1 is 0.909 bits per heavy atom. The number of nitrogens with one attached hydrogen (secondary N) is 2. The average Bonchev–Trinajstić information content (AvgIpc) is 3.70. The molecule has 2 saturated heterocycles. The summed E-state index contributed by atoms with van der Waals surface area (Å²) in [5.74, 6) is -0.453. The van der Waals surface area contributed by atoms with E-state index in [1.165, 1.54) is 10.9 Å². The van der Waals surface area contributed by atoms with Gasteiger partial charge >= 0.3 is 7.60 Å². The van der Waals surface area contributed by atoms with Gasteiger partial charge in [0.1, 0.15) is 24.4 Å². The number of rotatable bonds is 9. The van der Waals surface area contributed by atoms with Gasteiger partial charge in [-0.2, -0.15) is 9.97 Å². The number of nitrogens with two attached hydrogens (primary N) is 2. The number of fused-ring (bicyclic) bond motifs is 2. The molecule has 9 atom stereocenters. The maximum atomic E-state index is 13.0. The number of ether oxygens (including phenoxy) is 4. The van der Waals surface area contributed by atoms with Crippen molar-refractivity contribution in [2.75, 3.05) is 24.4 Å². The van der Waals surface area contributed by atoms with Gasteiger partial charge in [-0.3, -0.25) is 37.8 Å². The molecular formula is C21H27N10O12P. The summed E-state index contributed by atoms with van der Waals surface area (Å²) < 4.78 is 42.6. The van der Waals surface area contributed by atoms with Crippen LogP contribution in [-0.4, -0.2) is 109 Å². The van der Waals surface area contributed by atoms with E-state index in [1.807, 2.05) is 0 Å². The molecule has 23 heteroatoms. The molecule has 2 aliphatic rings. The van der Waals surface area contributed by atoms with Gasteiger partial charge in [-0.1, -0.05) is 0 Å². The third-order valence-electron chi connectivity index (χ3n) is 6.86. The first-order chi connectivity index (χ1) is 20.9. The summed E-state index contributed by atoms with van der Waals surface area (Å²) in [6, 6.07) is 0. The van der Waals surface area contributed by atoms with Crippen LogP contribution in [0.4, 0.5) is 11.9 Å². The smallest absolute Gasteiger partial charge is 0.354 e. The van der Waals surface area contributed by atoms with Gasteiger partial charge in [-0.15, -0.1) is 0 Å². The van der Waals surface area contributed by atoms with Gasteiger partial charge in [0, 0.05) is 6.61 Å². The lowest BCUT2D eigenvalue weighted by Gasteiger charge is -2.24. The summed E-state index contributed by atoms with van der Waals surface area (Å²) in [5.41, 5.74) is 9.64. The number of anilines is 2. The Morgan fingerprint density at radius 3 is 1.98 bits per heavy atom. The van der Waals surface area contributed by atoms with Crippen LogP contribution in [0.25, 0.3) is 22.3 Å². The van der Waals surface area contributed by atoms with Gasteiger partial charge in [-0.25, -0.2) is 9.97 Å². The predicted molar refractivity (Wildman–Crippen MR) is 143 cm³/mol. The fourth-order valence-electron chi connectivity index (χ4n) is 4.98. The third kappa shape index (κ3) is 5.26. The van der Waals surface area contributed by atoms with Gasteiger partial charge in [0.15, 0.2) is 53.7 Å². The van der Waals surface area contributed by atoms with Crippen LogP contribution in [0, 0.1) is 0 Å². The minimum absolute atomic E-state index is 0.00529. The zero-order valence-corrected chi connectivity index (χ0v) is 23.4. The van der Waals surface area contributed by atoms with Gasteiger partial charge in [-0.05, 0) is 6.92 Å². The van der Waals surface area contributed by atoms with Crippen LogP contribution in [0.3, 0.4) is 0 Å². The number of aromatic amines is 2. The van der Waals surface area contributed by atoms with Crippen LogP contribution in [0.15, 0.2) is 22.2 Å². The van der Waals surface area contributed by atoms with E-state index in [4.69, 9.17) is 34.9 Å². The van der Waals surface area contributed by atoms with Crippen molar-refractivity contribution in [2.24, 2.45) is 0 Å². The zero-order chi connectivity index (χ0) is 31.5. The molecular weight excluding hydrogens is 615 g/mol. The fraction of sp³-hybridized carbons (Fsp3) is 0.524. The Morgan fingerprint density at radius 2 is 1.43 bits per heavy atom. The van der Waals surface area contributed by atoms with Crippen molar-refractivity contribution in [2.45, 2.75) is 56.4 Å². The molecule has 238 valence electrons. The summed E-state index contributed by atoms with van der Waals surface area (Å²) in [7, 11) is -4.78. The second kappa shape index (κ2) is 11.3. The van der Waals surface area contributed by atoms with E-state index in [2.05, 4.69) is 29.9 Å². The number of aliphatic hydroxyl groups excluding tert-OH is 3. The summed E-state index contributed by atoms with van der Waals surface area (Å²) in [6.07, 6.45) is -10.9. The Kier molecular flexibility index (Phi) is 7.73. The van der Waals surface area contributed by atoms with Crippen LogP contribution >= 0.6 is 7.60 Å². The SMILES string of the molecule is CCOC1C(OCP(=O)(O)OC2C(O)OC(n3cnc4c(=O)[nH]c(N)nc43)C2O)OC(n2cnc3c(=O)[nH]c(N)nc32)C1O. The number of imidazole rings is 2. The van der Waals surface area contributed by atoms with Crippen molar-refractivity contribution in [1.82, 2.24) is 39.0 Å². The van der Waals surface area contributed by atoms with E-state index >= 15 is 0 Å². The molecule has 0 spiro atoms. The third-order valence-corrected chi connectivity index (χ3v) is 7.90. The van der Waals surface area contributed by atoms with Crippen molar-refractivity contribution < 1.29 is 48.2 Å². The Hall–Kier alpha value is -3.83. The van der Waals surface area contributed by atoms with Crippen molar-refractivity contribution in [1.29, 1.82) is 0 Å². The van der Waals surface area contributed by atoms with Gasteiger partial charge in [0.25, 0.3) is 11.1 Å². The first-order valence-electron chi connectivity index (χ1n) is 12.9. The molecule has 44 heavy (non-hydrogen) atoms. The second-order valence-electron chi connectivity index (χ2n) is 9.77. The maximum Gasteiger partial charge on any atom is 0.354 e. The lowest BCUT2D eigenvalue weighted by Crippen LogP contribution is -2.36. The minimum Gasteiger partial charge on any atom is -0.385 e. The van der Waals surface area contributed by atoms with Crippen molar-refractivity contribution in [3.63, 3.8) is 0 Å². The zero-order valence-electron chi connectivity index (χ0n) is 22.5. The molecule has 2 aliphatic heterocycles. The molecule has 4 aromatic rings. The summed E-state index contributed by atoms with van der Waals surface area (Å²) in [6.45, 7) is 1.73. The molecule has 0 bridgehead atoms. The van der Waals surface area contributed by atoms with Crippen LogP contribution in [0.2, 0.25) is 0 Å². The lowest BCUT2D eigenvalue weighted by atomic mass is 10.2. The van der Waals surface area contributed by atoms with E-state index in [0.717, 1.165) is 10.9 Å². The average molecular weight is 642 g/mol. The molecule has 0 amide bonds. The quantitative estimate of drug-likeness (QED) is 0.0833. The van der Waals surface area contributed by atoms with E-state index < -0.39 is 74.5 Å². The number of aliphatic hydroxyl groups is 3. The number of hydrogen-bond donors (Lipinski definition) is 8. The monoisotopic (exact) mass is 642 g/mol. The first-order valence-corrected chi connectivity index (χ1v) is 14.7. The molecule has 10 N–H and O–H groups in total. The number of nitrogen functional groups attached to an aromatic ring is 2. The summed E-state index contributed by atoms with van der Waals surface area (Å²) in [5, 5.41) is 32.2. The van der Waals surface area contributed by atoms with Gasteiger partial charge in [0.2, 0.25) is 11.9 Å². The first kappa shape index (κ1) is 30.2. The van der Waals surface area contributed by atoms with E-state index in [0.29, 0.717) is 0 Å². The Bertz CT molecular complexity index is 1860. The molecule has 0 saturated carbocycles. The minimum atomic E-state index is -4.78. The molecule has 2 fully saturated rings. The highest BCUT2D eigenvalue weighted by atomic mass is 31.2. The Labute approximate surface area is 243 Å². The highest BCUT2D eigenvalue weighted by Crippen LogP contribution is 2.48. The standard InChI is InChI=1S/C21H27N10O12P/c1-2-39-11-9(33)17(31-4-25-7-13(31)27-21(23)29-15(7)35)42-19(11)40-5-44(37,38)43-10-8(32)16(41-18(10)36)30-3-24-6-12(30)26-20(22)28-14(6)34/h3-4,8-11,16-19,32-33,36H,2,5H2,1H3,(H,37,38)(H3,22,26,28,34)(H3,23,27,29,35). The molecule has 4 aromatic heterocycles. The molecule has 6 heterocycles. The molecule has 0 aliphatic carbocycles. The second-order valence-corrected chi connectivity index (χ2v) is 11.5. The van der Waals surface area contributed by atoms with Crippen molar-refractivity contribution >= 4 is 41.8 Å². The normalized spacial score (nSPS) is 30.4. The molecule has 22 nitrogen and oxygen atoms in total. The van der Waals surface area contributed by atoms with E-state index in [-0.39, 0.29) is 40.8 Å². The lowest BCUT2D eigenvalue weighted by molar-refractivity contribution is -0.178. The van der Waals surface area contributed by atoms with Crippen LogP contribution < -0.4 is 22.6 Å². The molecule has 0 aromatic carbocycles. The predicted octanol–water partition coefficient (Wildman–Crippen LogP) is -3.21. The number of H-pyrrole nitrogens is 2.